The lowest BCUT2D eigenvalue weighted by atomic mass is 10.2. The van der Waals surface area contributed by atoms with E-state index in [0.29, 0.717) is 11.0 Å². The number of rotatable bonds is 5. The van der Waals surface area contributed by atoms with Gasteiger partial charge in [0.1, 0.15) is 0 Å². The molecule has 0 saturated carbocycles. The number of halogens is 2. The first-order valence-electron chi connectivity index (χ1n) is 7.60. The number of nitrogen functional groups attached to an aromatic ring is 1. The fourth-order valence-corrected chi connectivity index (χ4v) is 3.70. The van der Waals surface area contributed by atoms with Crippen LogP contribution in [0, 0.1) is 6.92 Å². The van der Waals surface area contributed by atoms with Crippen molar-refractivity contribution in [3.05, 3.63) is 57.0 Å². The van der Waals surface area contributed by atoms with Crippen molar-refractivity contribution in [2.75, 3.05) is 16.9 Å². The second kappa shape index (κ2) is 8.24. The van der Waals surface area contributed by atoms with Crippen LogP contribution in [0.2, 0.25) is 0 Å². The number of aromatic nitrogens is 3. The molecule has 0 fully saturated rings. The first kappa shape index (κ1) is 18.9. The van der Waals surface area contributed by atoms with E-state index in [1.54, 1.807) is 0 Å². The first-order chi connectivity index (χ1) is 12.5. The summed E-state index contributed by atoms with van der Waals surface area (Å²) in [5, 5.41) is 11.5. The molecule has 3 aromatic rings. The molecule has 3 N–H and O–H groups in total. The van der Waals surface area contributed by atoms with Crippen LogP contribution in [-0.4, -0.2) is 26.5 Å². The number of nitrogens with one attached hydrogen (secondary N) is 1. The van der Waals surface area contributed by atoms with Crippen LogP contribution in [0.1, 0.15) is 5.56 Å². The van der Waals surface area contributed by atoms with Crippen LogP contribution in [0.25, 0.3) is 11.4 Å². The van der Waals surface area contributed by atoms with Gasteiger partial charge >= 0.3 is 0 Å². The number of nitrogens with zero attached hydrogens (tertiary/aromatic N) is 3. The number of carbonyl (C=O) groups excluding carboxylic acids is 1. The van der Waals surface area contributed by atoms with E-state index in [2.05, 4.69) is 47.4 Å². The van der Waals surface area contributed by atoms with Gasteiger partial charge in [0.2, 0.25) is 11.1 Å². The Morgan fingerprint density at radius 1 is 1.19 bits per heavy atom. The van der Waals surface area contributed by atoms with Gasteiger partial charge in [0.15, 0.2) is 5.82 Å². The smallest absolute Gasteiger partial charge is 0.234 e. The zero-order chi connectivity index (χ0) is 18.7. The number of anilines is 1. The summed E-state index contributed by atoms with van der Waals surface area (Å²) in [4.78, 5) is 12.2. The van der Waals surface area contributed by atoms with Crippen molar-refractivity contribution >= 4 is 55.2 Å². The number of benzene rings is 2. The Hall–Kier alpha value is -1.84. The number of nitrogens with two attached hydrogens (primary N) is 1. The fourth-order valence-electron chi connectivity index (χ4n) is 2.20. The molecule has 1 heterocycles. The molecular weight excluding hydrogens is 482 g/mol. The van der Waals surface area contributed by atoms with Crippen molar-refractivity contribution in [3.8, 4) is 11.4 Å². The van der Waals surface area contributed by atoms with E-state index in [4.69, 9.17) is 5.84 Å². The van der Waals surface area contributed by atoms with Gasteiger partial charge < -0.3 is 11.2 Å². The van der Waals surface area contributed by atoms with Crippen LogP contribution >= 0.6 is 43.6 Å². The average molecular weight is 497 g/mol. The number of hydrogen-bond acceptors (Lipinski definition) is 5. The summed E-state index contributed by atoms with van der Waals surface area (Å²) >= 11 is 8.16. The van der Waals surface area contributed by atoms with E-state index < -0.39 is 0 Å². The Balaban J connectivity index is 1.66. The van der Waals surface area contributed by atoms with Crippen LogP contribution in [0.15, 0.2) is 56.6 Å². The molecule has 0 unspecified atom stereocenters. The van der Waals surface area contributed by atoms with E-state index >= 15 is 0 Å². The summed E-state index contributed by atoms with van der Waals surface area (Å²) in [6.07, 6.45) is 0. The lowest BCUT2D eigenvalue weighted by Crippen LogP contribution is -2.16. The molecule has 1 amide bonds. The normalized spacial score (nSPS) is 10.7. The van der Waals surface area contributed by atoms with Crippen LogP contribution in [0.5, 0.6) is 0 Å². The Morgan fingerprint density at radius 2 is 1.96 bits per heavy atom. The van der Waals surface area contributed by atoms with Crippen LogP contribution in [0.4, 0.5) is 5.69 Å². The Labute approximate surface area is 171 Å². The molecule has 0 atom stereocenters. The van der Waals surface area contributed by atoms with Gasteiger partial charge in [-0.15, -0.1) is 10.2 Å². The summed E-state index contributed by atoms with van der Waals surface area (Å²) in [6.45, 7) is 1.99. The molecule has 3 rings (SSSR count). The molecule has 26 heavy (non-hydrogen) atoms. The summed E-state index contributed by atoms with van der Waals surface area (Å²) in [5.74, 6) is 6.66. The van der Waals surface area contributed by atoms with Gasteiger partial charge in [0, 0.05) is 20.2 Å². The van der Waals surface area contributed by atoms with Crippen molar-refractivity contribution in [3.63, 3.8) is 0 Å². The number of carbonyl (C=O) groups is 1. The minimum atomic E-state index is -0.142. The van der Waals surface area contributed by atoms with Gasteiger partial charge in [-0.05, 0) is 36.8 Å². The van der Waals surface area contributed by atoms with Crippen molar-refractivity contribution in [2.24, 2.45) is 0 Å². The maximum Gasteiger partial charge on any atom is 0.234 e. The average Bonchev–Trinajstić information content (AvgIpc) is 2.97. The van der Waals surface area contributed by atoms with Crippen LogP contribution in [0.3, 0.4) is 0 Å². The van der Waals surface area contributed by atoms with Gasteiger partial charge in [-0.25, -0.2) is 4.68 Å². The first-order valence-corrected chi connectivity index (χ1v) is 10.2. The highest BCUT2D eigenvalue weighted by Gasteiger charge is 2.15. The molecule has 0 aliphatic heterocycles. The molecule has 2 aromatic carbocycles. The number of hydrogen-bond donors (Lipinski definition) is 2. The largest absolute Gasteiger partial charge is 0.335 e. The summed E-state index contributed by atoms with van der Waals surface area (Å²) in [5.41, 5.74) is 2.67. The van der Waals surface area contributed by atoms with Gasteiger partial charge in [0.05, 0.1) is 5.75 Å². The summed E-state index contributed by atoms with van der Waals surface area (Å²) in [7, 11) is 0. The fraction of sp³-hybridized carbons (Fsp3) is 0.118. The predicted octanol–water partition coefficient (Wildman–Crippen LogP) is 4.22. The maximum atomic E-state index is 12.2. The van der Waals surface area contributed by atoms with Gasteiger partial charge in [0.25, 0.3) is 0 Å². The monoisotopic (exact) mass is 495 g/mol. The third-order valence-electron chi connectivity index (χ3n) is 3.57. The lowest BCUT2D eigenvalue weighted by molar-refractivity contribution is -0.113. The molecule has 0 aliphatic carbocycles. The molecular formula is C17H15Br2N5OS. The van der Waals surface area contributed by atoms with Crippen molar-refractivity contribution in [1.82, 2.24) is 14.9 Å². The quantitative estimate of drug-likeness (QED) is 0.408. The second-order valence-corrected chi connectivity index (χ2v) is 8.11. The third-order valence-corrected chi connectivity index (χ3v) is 6.06. The number of amides is 1. The van der Waals surface area contributed by atoms with E-state index in [-0.39, 0.29) is 11.7 Å². The highest BCUT2D eigenvalue weighted by molar-refractivity contribution is 9.10. The van der Waals surface area contributed by atoms with Crippen LogP contribution < -0.4 is 11.2 Å². The lowest BCUT2D eigenvalue weighted by Gasteiger charge is -2.07. The number of thioether (sulfide) groups is 1. The Kier molecular flexibility index (Phi) is 6.00. The molecule has 0 saturated heterocycles. The van der Waals surface area contributed by atoms with E-state index in [1.165, 1.54) is 16.4 Å². The third kappa shape index (κ3) is 4.28. The highest BCUT2D eigenvalue weighted by Crippen LogP contribution is 2.28. The molecule has 0 aliphatic rings. The SMILES string of the molecule is Cc1ccc(NC(=O)CSc2nnc(-c3ccccc3Br)n2N)cc1Br. The molecule has 0 spiro atoms. The molecule has 0 bridgehead atoms. The van der Waals surface area contributed by atoms with Gasteiger partial charge in [-0.2, -0.15) is 0 Å². The van der Waals surface area contributed by atoms with E-state index in [0.717, 1.165) is 25.8 Å². The van der Waals surface area contributed by atoms with E-state index in [1.807, 2.05) is 49.4 Å². The van der Waals surface area contributed by atoms with Gasteiger partial charge in [-0.3, -0.25) is 4.79 Å². The molecule has 0 radical (unpaired) electrons. The minimum absolute atomic E-state index is 0.142. The van der Waals surface area contributed by atoms with Crippen molar-refractivity contribution in [2.45, 2.75) is 12.1 Å². The molecule has 1 aromatic heterocycles. The number of aryl methyl sites for hydroxylation is 1. The van der Waals surface area contributed by atoms with Crippen LogP contribution in [-0.2, 0) is 4.79 Å². The zero-order valence-corrected chi connectivity index (χ0v) is 17.7. The second-order valence-electron chi connectivity index (χ2n) is 5.46. The standard InChI is InChI=1S/C17H15Br2N5OS/c1-10-6-7-11(8-14(10)19)21-15(25)9-26-17-23-22-16(24(17)20)12-4-2-3-5-13(12)18/h2-8H,9,20H2,1H3,(H,21,25). The topological polar surface area (TPSA) is 85.8 Å². The Bertz CT molecular complexity index is 960. The molecule has 9 heteroatoms. The zero-order valence-electron chi connectivity index (χ0n) is 13.7. The van der Waals surface area contributed by atoms with Gasteiger partial charge in [-0.1, -0.05) is 61.8 Å². The summed E-state index contributed by atoms with van der Waals surface area (Å²) in [6, 6.07) is 13.3. The van der Waals surface area contributed by atoms with E-state index in [9.17, 15) is 4.79 Å². The molecule has 6 nitrogen and oxygen atoms in total. The minimum Gasteiger partial charge on any atom is -0.335 e. The maximum absolute atomic E-state index is 12.2. The molecule has 134 valence electrons. The van der Waals surface area contributed by atoms with Crippen molar-refractivity contribution < 1.29 is 4.79 Å². The predicted molar refractivity (Wildman–Crippen MR) is 112 cm³/mol. The summed E-state index contributed by atoms with van der Waals surface area (Å²) < 4.78 is 3.21. The highest BCUT2D eigenvalue weighted by atomic mass is 79.9. The van der Waals surface area contributed by atoms with Crippen molar-refractivity contribution in [1.29, 1.82) is 0 Å². The Morgan fingerprint density at radius 3 is 2.69 bits per heavy atom.